The summed E-state index contributed by atoms with van der Waals surface area (Å²) in [5, 5.41) is 0. The van der Waals surface area contributed by atoms with Crippen molar-refractivity contribution in [2.75, 3.05) is 33.2 Å². The second-order valence-electron chi connectivity index (χ2n) is 13.1. The van der Waals surface area contributed by atoms with Crippen molar-refractivity contribution in [2.24, 2.45) is 5.92 Å². The highest BCUT2D eigenvalue weighted by molar-refractivity contribution is 5.75. The summed E-state index contributed by atoms with van der Waals surface area (Å²) in [7, 11) is 1.98. The van der Waals surface area contributed by atoms with Gasteiger partial charge in [0.15, 0.2) is 0 Å². The molecule has 0 aromatic heterocycles. The van der Waals surface area contributed by atoms with E-state index in [4.69, 9.17) is 0 Å². The molecule has 0 N–H and O–H groups in total. The van der Waals surface area contributed by atoms with E-state index in [0.29, 0.717) is 18.1 Å². The zero-order chi connectivity index (χ0) is 30.4. The second-order valence-corrected chi connectivity index (χ2v) is 13.1. The number of nitrogens with zero attached hydrogens (tertiary/aromatic N) is 2. The van der Waals surface area contributed by atoms with Gasteiger partial charge in [-0.1, -0.05) is 143 Å². The molecular formula is C37H74N2O2. The first-order valence-corrected chi connectivity index (χ1v) is 18.4. The summed E-state index contributed by atoms with van der Waals surface area (Å²) in [6.07, 6.45) is 32.3. The van der Waals surface area contributed by atoms with Crippen LogP contribution < -0.4 is 0 Å². The topological polar surface area (TPSA) is 40.6 Å². The van der Waals surface area contributed by atoms with Crippen LogP contribution in [0.15, 0.2) is 0 Å². The molecule has 1 atom stereocenters. The Balaban J connectivity index is 4.22. The fourth-order valence-electron chi connectivity index (χ4n) is 6.01. The summed E-state index contributed by atoms with van der Waals surface area (Å²) in [6, 6.07) is 0. The minimum absolute atomic E-state index is 0.271. The molecule has 0 saturated carbocycles. The summed E-state index contributed by atoms with van der Waals surface area (Å²) in [4.78, 5) is 27.8. The maximum Gasteiger partial charge on any atom is 0.222 e. The molecule has 0 aliphatic heterocycles. The van der Waals surface area contributed by atoms with Crippen molar-refractivity contribution in [3.05, 3.63) is 0 Å². The zero-order valence-corrected chi connectivity index (χ0v) is 28.8. The lowest BCUT2D eigenvalue weighted by atomic mass is 10.0. The summed E-state index contributed by atoms with van der Waals surface area (Å²) >= 11 is 0. The predicted molar refractivity (Wildman–Crippen MR) is 181 cm³/mol. The van der Waals surface area contributed by atoms with E-state index < -0.39 is 0 Å². The smallest absolute Gasteiger partial charge is 0.222 e. The minimum atomic E-state index is 0.271. The molecule has 41 heavy (non-hydrogen) atoms. The van der Waals surface area contributed by atoms with Gasteiger partial charge in [0.1, 0.15) is 5.78 Å². The number of hydrogen-bond donors (Lipinski definition) is 0. The Morgan fingerprint density at radius 2 is 0.976 bits per heavy atom. The number of amides is 1. The average Bonchev–Trinajstić information content (AvgIpc) is 2.97. The fourth-order valence-corrected chi connectivity index (χ4v) is 6.01. The van der Waals surface area contributed by atoms with Gasteiger partial charge in [0.05, 0.1) is 0 Å². The fraction of sp³-hybridized carbons (Fsp3) is 0.946. The van der Waals surface area contributed by atoms with Crippen LogP contribution in [0.2, 0.25) is 0 Å². The molecule has 0 aromatic carbocycles. The van der Waals surface area contributed by atoms with E-state index in [-0.39, 0.29) is 5.91 Å². The molecule has 0 aliphatic rings. The molecule has 0 aromatic rings. The Morgan fingerprint density at radius 3 is 1.37 bits per heavy atom. The van der Waals surface area contributed by atoms with Gasteiger partial charge in [-0.25, -0.2) is 0 Å². The van der Waals surface area contributed by atoms with Crippen LogP contribution in [0.3, 0.4) is 0 Å². The predicted octanol–water partition coefficient (Wildman–Crippen LogP) is 10.8. The molecule has 1 amide bonds. The Labute approximate surface area is 258 Å². The van der Waals surface area contributed by atoms with Gasteiger partial charge in [0.2, 0.25) is 5.91 Å². The highest BCUT2D eigenvalue weighted by Gasteiger charge is 2.15. The van der Waals surface area contributed by atoms with Crippen molar-refractivity contribution in [1.29, 1.82) is 0 Å². The SMILES string of the molecule is CCCCCCCCCCCCCCN(CCCCCCCCCCCC(C)=O)CCC(CC)CN(C)C(=O)CC. The third-order valence-electron chi connectivity index (χ3n) is 9.02. The van der Waals surface area contributed by atoms with E-state index in [9.17, 15) is 9.59 Å². The lowest BCUT2D eigenvalue weighted by Crippen LogP contribution is -2.34. The van der Waals surface area contributed by atoms with Crippen LogP contribution in [0.1, 0.15) is 188 Å². The molecule has 0 spiro atoms. The third kappa shape index (κ3) is 27.7. The Bertz CT molecular complexity index is 579. The number of Topliss-reactive ketones (excluding diaryl/α,β-unsaturated/α-hetero) is 1. The molecule has 0 radical (unpaired) electrons. The lowest BCUT2D eigenvalue weighted by Gasteiger charge is -2.27. The van der Waals surface area contributed by atoms with Gasteiger partial charge in [-0.3, -0.25) is 4.79 Å². The van der Waals surface area contributed by atoms with Crippen molar-refractivity contribution in [2.45, 2.75) is 188 Å². The Hall–Kier alpha value is -0.900. The number of carbonyl (C=O) groups excluding carboxylic acids is 2. The van der Waals surface area contributed by atoms with E-state index in [1.807, 2.05) is 18.9 Å². The van der Waals surface area contributed by atoms with E-state index >= 15 is 0 Å². The molecule has 0 fully saturated rings. The van der Waals surface area contributed by atoms with Gasteiger partial charge in [0, 0.05) is 26.4 Å². The average molecular weight is 579 g/mol. The van der Waals surface area contributed by atoms with Gasteiger partial charge < -0.3 is 14.6 Å². The minimum Gasteiger partial charge on any atom is -0.345 e. The number of ketones is 1. The van der Waals surface area contributed by atoms with E-state index in [2.05, 4.69) is 18.7 Å². The molecule has 0 aliphatic carbocycles. The van der Waals surface area contributed by atoms with Gasteiger partial charge in [-0.15, -0.1) is 0 Å². The van der Waals surface area contributed by atoms with Gasteiger partial charge >= 0.3 is 0 Å². The van der Waals surface area contributed by atoms with E-state index in [1.54, 1.807) is 6.92 Å². The molecule has 4 heteroatoms. The van der Waals surface area contributed by atoms with Crippen LogP contribution in [0.4, 0.5) is 0 Å². The normalized spacial score (nSPS) is 12.2. The molecule has 0 saturated heterocycles. The van der Waals surface area contributed by atoms with Crippen molar-refractivity contribution in [3.8, 4) is 0 Å². The van der Waals surface area contributed by atoms with Crippen LogP contribution in [-0.4, -0.2) is 54.7 Å². The van der Waals surface area contributed by atoms with Crippen molar-refractivity contribution in [1.82, 2.24) is 9.80 Å². The van der Waals surface area contributed by atoms with Gasteiger partial charge in [0.25, 0.3) is 0 Å². The number of hydrogen-bond acceptors (Lipinski definition) is 3. The van der Waals surface area contributed by atoms with Crippen molar-refractivity contribution in [3.63, 3.8) is 0 Å². The first-order valence-electron chi connectivity index (χ1n) is 18.4. The monoisotopic (exact) mass is 579 g/mol. The first-order chi connectivity index (χ1) is 19.9. The molecule has 1 unspecified atom stereocenters. The van der Waals surface area contributed by atoms with Crippen molar-refractivity contribution < 1.29 is 9.59 Å². The molecule has 244 valence electrons. The quantitative estimate of drug-likeness (QED) is 0.0745. The molecule has 0 bridgehead atoms. The molecule has 4 nitrogen and oxygen atoms in total. The maximum absolute atomic E-state index is 12.1. The zero-order valence-electron chi connectivity index (χ0n) is 28.8. The molecule has 0 rings (SSSR count). The van der Waals surface area contributed by atoms with Crippen LogP contribution in [0.25, 0.3) is 0 Å². The van der Waals surface area contributed by atoms with Crippen LogP contribution in [0, 0.1) is 5.92 Å². The van der Waals surface area contributed by atoms with E-state index in [0.717, 1.165) is 25.8 Å². The maximum atomic E-state index is 12.1. The Morgan fingerprint density at radius 1 is 0.561 bits per heavy atom. The van der Waals surface area contributed by atoms with Crippen LogP contribution in [-0.2, 0) is 9.59 Å². The Kier molecular flexibility index (Phi) is 29.9. The molecule has 0 heterocycles. The summed E-state index contributed by atoms with van der Waals surface area (Å²) in [6.45, 7) is 12.8. The van der Waals surface area contributed by atoms with Crippen molar-refractivity contribution >= 4 is 11.7 Å². The van der Waals surface area contributed by atoms with E-state index in [1.165, 1.54) is 154 Å². The van der Waals surface area contributed by atoms with Gasteiger partial charge in [-0.05, 0) is 58.2 Å². The lowest BCUT2D eigenvalue weighted by molar-refractivity contribution is -0.130. The number of unbranched alkanes of at least 4 members (excludes halogenated alkanes) is 19. The third-order valence-corrected chi connectivity index (χ3v) is 9.02. The van der Waals surface area contributed by atoms with Crippen LogP contribution in [0.5, 0.6) is 0 Å². The highest BCUT2D eigenvalue weighted by atomic mass is 16.2. The largest absolute Gasteiger partial charge is 0.345 e. The van der Waals surface area contributed by atoms with Gasteiger partial charge in [-0.2, -0.15) is 0 Å². The summed E-state index contributed by atoms with van der Waals surface area (Å²) < 4.78 is 0. The summed E-state index contributed by atoms with van der Waals surface area (Å²) in [5.41, 5.74) is 0. The second kappa shape index (κ2) is 30.6. The first kappa shape index (κ1) is 40.1. The van der Waals surface area contributed by atoms with Crippen LogP contribution >= 0.6 is 0 Å². The molecular weight excluding hydrogens is 504 g/mol. The highest BCUT2D eigenvalue weighted by Crippen LogP contribution is 2.16. The summed E-state index contributed by atoms with van der Waals surface area (Å²) in [5.74, 6) is 1.21. The standard InChI is InChI=1S/C37H74N2O2/c1-6-9-10-11-12-13-14-15-18-21-24-27-31-39(33-30-36(7-2)34-38(5)37(41)8-3)32-28-25-22-19-16-17-20-23-26-29-35(4)40/h36H,6-34H2,1-5H3. The number of carbonyl (C=O) groups is 2. The number of rotatable bonds is 32.